The average Bonchev–Trinajstić information content (AvgIpc) is 3.16. The molecule has 1 amide bonds. The smallest absolute Gasteiger partial charge is 0.258 e. The maximum absolute atomic E-state index is 13.1. The molecule has 0 aliphatic carbocycles. The van der Waals surface area contributed by atoms with Crippen LogP contribution in [0.15, 0.2) is 85.3 Å². The predicted octanol–water partition coefficient (Wildman–Crippen LogP) is 5.74. The van der Waals surface area contributed by atoms with Gasteiger partial charge in [0.25, 0.3) is 5.91 Å². The number of hydrogen-bond acceptors (Lipinski definition) is 5. The Morgan fingerprint density at radius 2 is 1.78 bits per heavy atom. The Kier molecular flexibility index (Phi) is 5.25. The zero-order valence-electron chi connectivity index (χ0n) is 17.7. The van der Waals surface area contributed by atoms with Crippen LogP contribution in [0.4, 0.5) is 17.1 Å². The molecule has 0 fully saturated rings. The molecule has 1 N–H and O–H groups in total. The second-order valence-corrected chi connectivity index (χ2v) is 7.56. The van der Waals surface area contributed by atoms with Crippen molar-refractivity contribution in [3.05, 3.63) is 102 Å². The largest absolute Gasteiger partial charge is 0.457 e. The number of anilines is 3. The Balaban J connectivity index is 1.35. The van der Waals surface area contributed by atoms with E-state index in [2.05, 4.69) is 22.2 Å². The predicted molar refractivity (Wildman–Crippen MR) is 125 cm³/mol. The third kappa shape index (κ3) is 4.03. The molecular weight excluding hydrogens is 400 g/mol. The lowest BCUT2D eigenvalue weighted by atomic mass is 10.1. The molecule has 6 nitrogen and oxygen atoms in total. The number of ether oxygens (including phenoxy) is 1. The number of pyridine rings is 2. The number of nitrogens with one attached hydrogen (secondary N) is 1. The molecule has 0 saturated heterocycles. The number of fused-ring (bicyclic) bond motifs is 1. The fraction of sp³-hybridized carbons (Fsp3) is 0.115. The van der Waals surface area contributed by atoms with Crippen LogP contribution in [0.25, 0.3) is 0 Å². The summed E-state index contributed by atoms with van der Waals surface area (Å²) in [4.78, 5) is 23.2. The molecule has 0 atom stereocenters. The van der Waals surface area contributed by atoms with Crippen molar-refractivity contribution >= 4 is 23.0 Å². The first-order valence-electron chi connectivity index (χ1n) is 10.5. The molecule has 0 bridgehead atoms. The van der Waals surface area contributed by atoms with Gasteiger partial charge in [0.05, 0.1) is 6.54 Å². The van der Waals surface area contributed by atoms with Gasteiger partial charge >= 0.3 is 0 Å². The molecule has 3 heterocycles. The molecule has 4 aromatic rings. The highest BCUT2D eigenvalue weighted by atomic mass is 16.5. The fourth-order valence-electron chi connectivity index (χ4n) is 3.78. The molecule has 2 aromatic heterocycles. The molecular formula is C26H22N4O2. The molecule has 5 rings (SSSR count). The molecule has 6 heteroatoms. The van der Waals surface area contributed by atoms with Gasteiger partial charge in [0.15, 0.2) is 0 Å². The summed E-state index contributed by atoms with van der Waals surface area (Å²) in [5.74, 6) is 1.36. The summed E-state index contributed by atoms with van der Waals surface area (Å²) in [5, 5.41) is 3.42. The number of carbonyl (C=O) groups is 1. The Morgan fingerprint density at radius 1 is 0.938 bits per heavy atom. The SMILES string of the molecule is CCc1cc(Nc2ccc3c(c2)CN(c2cccc(Oc4ccncc4)c2)C3=O)ccn1. The van der Waals surface area contributed by atoms with Gasteiger partial charge in [-0.05, 0) is 66.6 Å². The molecule has 2 aromatic carbocycles. The summed E-state index contributed by atoms with van der Waals surface area (Å²) < 4.78 is 5.90. The summed E-state index contributed by atoms with van der Waals surface area (Å²) in [7, 11) is 0. The Labute approximate surface area is 186 Å². The molecule has 1 aliphatic rings. The Bertz CT molecular complexity index is 1270. The van der Waals surface area contributed by atoms with Gasteiger partial charge in [0.1, 0.15) is 11.5 Å². The van der Waals surface area contributed by atoms with Crippen LogP contribution >= 0.6 is 0 Å². The summed E-state index contributed by atoms with van der Waals surface area (Å²) in [6, 6.07) is 21.0. The van der Waals surface area contributed by atoms with Gasteiger partial charge in [0.2, 0.25) is 0 Å². The summed E-state index contributed by atoms with van der Waals surface area (Å²) in [6.07, 6.45) is 6.05. The Morgan fingerprint density at radius 3 is 2.62 bits per heavy atom. The zero-order valence-corrected chi connectivity index (χ0v) is 17.7. The quantitative estimate of drug-likeness (QED) is 0.429. The van der Waals surface area contributed by atoms with E-state index in [1.54, 1.807) is 35.6 Å². The van der Waals surface area contributed by atoms with E-state index >= 15 is 0 Å². The molecule has 1 aliphatic heterocycles. The maximum atomic E-state index is 13.1. The average molecular weight is 422 g/mol. The molecule has 0 unspecified atom stereocenters. The van der Waals surface area contributed by atoms with Crippen molar-refractivity contribution in [2.24, 2.45) is 0 Å². The first-order valence-corrected chi connectivity index (χ1v) is 10.5. The Hall–Kier alpha value is -4.19. The van der Waals surface area contributed by atoms with Crippen LogP contribution in [0.3, 0.4) is 0 Å². The topological polar surface area (TPSA) is 67.3 Å². The fourth-order valence-corrected chi connectivity index (χ4v) is 3.78. The molecule has 32 heavy (non-hydrogen) atoms. The number of carbonyl (C=O) groups excluding carboxylic acids is 1. The van der Waals surface area contributed by atoms with Crippen LogP contribution in [-0.2, 0) is 13.0 Å². The van der Waals surface area contributed by atoms with E-state index < -0.39 is 0 Å². The standard InChI is InChI=1S/C26H22N4O2/c1-2-19-15-21(8-13-28-19)29-20-6-7-25-18(14-20)17-30(26(25)31)22-4-3-5-24(16-22)32-23-9-11-27-12-10-23/h3-16H,2,17H2,1H3,(H,28,29). The van der Waals surface area contributed by atoms with Crippen molar-refractivity contribution < 1.29 is 9.53 Å². The van der Waals surface area contributed by atoms with E-state index in [0.717, 1.165) is 40.3 Å². The van der Waals surface area contributed by atoms with Gasteiger partial charge in [-0.25, -0.2) is 0 Å². The third-order valence-corrected chi connectivity index (χ3v) is 5.39. The second-order valence-electron chi connectivity index (χ2n) is 7.56. The van der Waals surface area contributed by atoms with Gasteiger partial charge in [-0.2, -0.15) is 0 Å². The highest BCUT2D eigenvalue weighted by molar-refractivity contribution is 6.10. The summed E-state index contributed by atoms with van der Waals surface area (Å²) >= 11 is 0. The zero-order chi connectivity index (χ0) is 21.9. The highest BCUT2D eigenvalue weighted by Gasteiger charge is 2.29. The normalized spacial score (nSPS) is 12.5. The van der Waals surface area contributed by atoms with E-state index in [1.807, 2.05) is 54.6 Å². The summed E-state index contributed by atoms with van der Waals surface area (Å²) in [5.41, 5.74) is 5.48. The third-order valence-electron chi connectivity index (χ3n) is 5.39. The van der Waals surface area contributed by atoms with Crippen molar-refractivity contribution in [2.45, 2.75) is 19.9 Å². The van der Waals surface area contributed by atoms with Gasteiger partial charge in [-0.1, -0.05) is 13.0 Å². The number of hydrogen-bond donors (Lipinski definition) is 1. The van der Waals surface area contributed by atoms with E-state index in [-0.39, 0.29) is 5.91 Å². The minimum Gasteiger partial charge on any atom is -0.457 e. The molecule has 158 valence electrons. The van der Waals surface area contributed by atoms with Crippen molar-refractivity contribution in [1.82, 2.24) is 9.97 Å². The number of rotatable bonds is 6. The number of aromatic nitrogens is 2. The lowest BCUT2D eigenvalue weighted by Crippen LogP contribution is -2.22. The lowest BCUT2D eigenvalue weighted by molar-refractivity contribution is 0.0996. The van der Waals surface area contributed by atoms with Crippen molar-refractivity contribution in [3.63, 3.8) is 0 Å². The van der Waals surface area contributed by atoms with E-state index in [4.69, 9.17) is 4.74 Å². The van der Waals surface area contributed by atoms with Crippen LogP contribution in [0.1, 0.15) is 28.5 Å². The van der Waals surface area contributed by atoms with Crippen molar-refractivity contribution in [2.75, 3.05) is 10.2 Å². The number of nitrogens with zero attached hydrogens (tertiary/aromatic N) is 3. The van der Waals surface area contributed by atoms with E-state index in [9.17, 15) is 4.79 Å². The number of benzene rings is 2. The first kappa shape index (κ1) is 19.8. The van der Waals surface area contributed by atoms with Crippen LogP contribution in [-0.4, -0.2) is 15.9 Å². The highest BCUT2D eigenvalue weighted by Crippen LogP contribution is 2.33. The van der Waals surface area contributed by atoms with Crippen molar-refractivity contribution in [3.8, 4) is 11.5 Å². The van der Waals surface area contributed by atoms with E-state index in [0.29, 0.717) is 18.0 Å². The van der Waals surface area contributed by atoms with Gasteiger partial charge in [-0.3, -0.25) is 14.8 Å². The van der Waals surface area contributed by atoms with Crippen LogP contribution < -0.4 is 15.0 Å². The molecule has 0 spiro atoms. The van der Waals surface area contributed by atoms with Crippen LogP contribution in [0, 0.1) is 0 Å². The molecule has 0 radical (unpaired) electrons. The number of amides is 1. The minimum absolute atomic E-state index is 0.00945. The van der Waals surface area contributed by atoms with Gasteiger partial charge in [-0.15, -0.1) is 0 Å². The lowest BCUT2D eigenvalue weighted by Gasteiger charge is -2.17. The maximum Gasteiger partial charge on any atom is 0.258 e. The van der Waals surface area contributed by atoms with E-state index in [1.165, 1.54) is 0 Å². The van der Waals surface area contributed by atoms with Crippen LogP contribution in [0.2, 0.25) is 0 Å². The summed E-state index contributed by atoms with van der Waals surface area (Å²) in [6.45, 7) is 2.59. The van der Waals surface area contributed by atoms with Crippen LogP contribution in [0.5, 0.6) is 11.5 Å². The first-order chi connectivity index (χ1) is 15.7. The second kappa shape index (κ2) is 8.51. The van der Waals surface area contributed by atoms with Gasteiger partial charge < -0.3 is 15.0 Å². The van der Waals surface area contributed by atoms with Gasteiger partial charge in [0, 0.05) is 53.0 Å². The monoisotopic (exact) mass is 422 g/mol. The van der Waals surface area contributed by atoms with Crippen molar-refractivity contribution in [1.29, 1.82) is 0 Å². The molecule has 0 saturated carbocycles. The minimum atomic E-state index is -0.00945. The number of aryl methyl sites for hydroxylation is 1.